The van der Waals surface area contributed by atoms with Gasteiger partial charge in [-0.1, -0.05) is 0 Å². The Labute approximate surface area is 227 Å². The highest BCUT2D eigenvalue weighted by Crippen LogP contribution is 2.32. The minimum absolute atomic E-state index is 0.161. The fourth-order valence-electron chi connectivity index (χ4n) is 4.31. The van der Waals surface area contributed by atoms with E-state index in [4.69, 9.17) is 0 Å². The zero-order valence-corrected chi connectivity index (χ0v) is 21.7. The Morgan fingerprint density at radius 3 is 2.70 bits per heavy atom. The van der Waals surface area contributed by atoms with Gasteiger partial charge in [0, 0.05) is 42.5 Å². The van der Waals surface area contributed by atoms with Crippen LogP contribution in [-0.4, -0.2) is 66.1 Å². The number of piperidine rings is 1. The van der Waals surface area contributed by atoms with Crippen molar-refractivity contribution in [3.63, 3.8) is 0 Å². The van der Waals surface area contributed by atoms with Gasteiger partial charge in [-0.2, -0.15) is 23.1 Å². The molecule has 208 valence electrons. The summed E-state index contributed by atoms with van der Waals surface area (Å²) in [5, 5.41) is 16.6. The number of amides is 1. The molecule has 5 heterocycles. The number of carbonyl (C=O) groups excluding carboxylic acids is 1. The van der Waals surface area contributed by atoms with Gasteiger partial charge in [-0.15, -0.1) is 0 Å². The molecule has 0 aromatic carbocycles. The number of nitrogens with zero attached hydrogens (tertiary/aromatic N) is 7. The molecule has 1 unspecified atom stereocenters. The molecule has 13 nitrogen and oxygen atoms in total. The maximum absolute atomic E-state index is 13.1. The minimum Gasteiger partial charge on any atom is -0.373 e. The molecule has 1 aliphatic heterocycles. The van der Waals surface area contributed by atoms with Gasteiger partial charge in [0.15, 0.2) is 5.82 Å². The second-order valence-electron chi connectivity index (χ2n) is 9.44. The Morgan fingerprint density at radius 2 is 1.95 bits per heavy atom. The van der Waals surface area contributed by atoms with Crippen molar-refractivity contribution in [2.75, 3.05) is 17.2 Å². The fourth-order valence-corrected chi connectivity index (χ4v) is 5.79. The fraction of sp³-hybridized carbons (Fsp3) is 0.333. The first-order valence-corrected chi connectivity index (χ1v) is 14.1. The van der Waals surface area contributed by atoms with E-state index in [1.807, 2.05) is 0 Å². The van der Waals surface area contributed by atoms with Gasteiger partial charge in [-0.3, -0.25) is 4.79 Å². The molecule has 0 spiro atoms. The van der Waals surface area contributed by atoms with Gasteiger partial charge in [0.25, 0.3) is 10.0 Å². The molecule has 16 heteroatoms. The van der Waals surface area contributed by atoms with Crippen molar-refractivity contribution < 1.29 is 22.0 Å². The number of carbonyl (C=O) groups is 1. The minimum atomic E-state index is -3.52. The van der Waals surface area contributed by atoms with Crippen molar-refractivity contribution in [1.29, 1.82) is 0 Å². The van der Waals surface area contributed by atoms with Crippen LogP contribution in [0.2, 0.25) is 0 Å². The van der Waals surface area contributed by atoms with Crippen LogP contribution in [0.4, 0.5) is 26.1 Å². The molecule has 1 saturated heterocycles. The zero-order valence-electron chi connectivity index (χ0n) is 20.9. The average Bonchev–Trinajstić information content (AvgIpc) is 3.48. The average molecular weight is 571 g/mol. The largest absolute Gasteiger partial charge is 0.373 e. The SMILES string of the molecule is O=C1NCCCC1Nc1cc(Nc2ccnc(-c3cnn(S(=O)(=O)C4CC4)c3)n2)ncc1-c1ccn(C(F)F)n1. The number of rotatable bonds is 9. The van der Waals surface area contributed by atoms with E-state index < -0.39 is 27.9 Å². The first-order valence-electron chi connectivity index (χ1n) is 12.6. The molecule has 1 aliphatic carbocycles. The molecule has 1 saturated carbocycles. The summed E-state index contributed by atoms with van der Waals surface area (Å²) in [4.78, 5) is 25.5. The van der Waals surface area contributed by atoms with Gasteiger partial charge in [0.1, 0.15) is 17.7 Å². The second-order valence-corrected chi connectivity index (χ2v) is 11.5. The van der Waals surface area contributed by atoms with Gasteiger partial charge in [0.2, 0.25) is 5.91 Å². The molecule has 4 aromatic rings. The molecule has 2 aliphatic rings. The van der Waals surface area contributed by atoms with Crippen LogP contribution < -0.4 is 16.0 Å². The molecule has 0 bridgehead atoms. The smallest absolute Gasteiger partial charge is 0.333 e. The van der Waals surface area contributed by atoms with Crippen molar-refractivity contribution in [1.82, 2.24) is 39.2 Å². The zero-order chi connectivity index (χ0) is 27.9. The number of alkyl halides is 2. The Balaban J connectivity index is 1.28. The number of hydrogen-bond acceptors (Lipinski definition) is 10. The van der Waals surface area contributed by atoms with Crippen LogP contribution >= 0.6 is 0 Å². The van der Waals surface area contributed by atoms with E-state index in [-0.39, 0.29) is 17.4 Å². The summed E-state index contributed by atoms with van der Waals surface area (Å²) in [6, 6.07) is 4.17. The van der Waals surface area contributed by atoms with E-state index in [1.165, 1.54) is 37.1 Å². The van der Waals surface area contributed by atoms with E-state index in [0.29, 0.717) is 58.9 Å². The van der Waals surface area contributed by atoms with E-state index in [1.54, 1.807) is 12.1 Å². The molecular weight excluding hydrogens is 546 g/mol. The van der Waals surface area contributed by atoms with Gasteiger partial charge in [0.05, 0.1) is 28.9 Å². The predicted octanol–water partition coefficient (Wildman–Crippen LogP) is 2.77. The third-order valence-corrected chi connectivity index (χ3v) is 8.57. The van der Waals surface area contributed by atoms with Crippen molar-refractivity contribution >= 4 is 33.3 Å². The summed E-state index contributed by atoms with van der Waals surface area (Å²) in [6.07, 6.45) is 9.55. The quantitative estimate of drug-likeness (QED) is 0.273. The monoisotopic (exact) mass is 570 g/mol. The first-order chi connectivity index (χ1) is 19.3. The molecule has 6 rings (SSSR count). The molecule has 0 radical (unpaired) electrons. The number of hydrogen-bond donors (Lipinski definition) is 3. The van der Waals surface area contributed by atoms with Crippen LogP contribution in [0.15, 0.2) is 49.2 Å². The Bertz CT molecular complexity index is 1670. The topological polar surface area (TPSA) is 162 Å². The summed E-state index contributed by atoms with van der Waals surface area (Å²) in [6.45, 7) is -2.20. The Morgan fingerprint density at radius 1 is 1.10 bits per heavy atom. The molecule has 4 aromatic heterocycles. The van der Waals surface area contributed by atoms with Crippen molar-refractivity contribution in [2.24, 2.45) is 0 Å². The number of aromatic nitrogens is 7. The van der Waals surface area contributed by atoms with Crippen molar-refractivity contribution in [2.45, 2.75) is 43.5 Å². The van der Waals surface area contributed by atoms with Gasteiger partial charge >= 0.3 is 6.55 Å². The van der Waals surface area contributed by atoms with Gasteiger partial charge in [-0.25, -0.2) is 28.1 Å². The van der Waals surface area contributed by atoms with Crippen LogP contribution in [0.3, 0.4) is 0 Å². The van der Waals surface area contributed by atoms with E-state index in [2.05, 4.69) is 41.1 Å². The Kier molecular flexibility index (Phi) is 6.61. The highest BCUT2D eigenvalue weighted by atomic mass is 32.2. The number of nitrogens with one attached hydrogen (secondary N) is 3. The van der Waals surface area contributed by atoms with Crippen LogP contribution in [0, 0.1) is 0 Å². The number of anilines is 3. The summed E-state index contributed by atoms with van der Waals surface area (Å²) in [5.74, 6) is 0.818. The van der Waals surface area contributed by atoms with E-state index in [9.17, 15) is 22.0 Å². The van der Waals surface area contributed by atoms with Gasteiger partial charge < -0.3 is 16.0 Å². The van der Waals surface area contributed by atoms with E-state index >= 15 is 0 Å². The second kappa shape index (κ2) is 10.3. The van der Waals surface area contributed by atoms with Gasteiger partial charge in [-0.05, 0) is 37.8 Å². The third kappa shape index (κ3) is 5.21. The molecule has 40 heavy (non-hydrogen) atoms. The lowest BCUT2D eigenvalue weighted by molar-refractivity contribution is -0.123. The van der Waals surface area contributed by atoms with Crippen LogP contribution in [0.25, 0.3) is 22.6 Å². The summed E-state index contributed by atoms with van der Waals surface area (Å²) in [5.41, 5.74) is 1.60. The normalized spacial score (nSPS) is 17.6. The lowest BCUT2D eigenvalue weighted by atomic mass is 10.1. The van der Waals surface area contributed by atoms with Crippen LogP contribution in [0.1, 0.15) is 32.2 Å². The van der Waals surface area contributed by atoms with Crippen LogP contribution in [-0.2, 0) is 14.8 Å². The van der Waals surface area contributed by atoms with Crippen LogP contribution in [0.5, 0.6) is 0 Å². The molecule has 1 amide bonds. The number of pyridine rings is 1. The Hall–Kier alpha value is -4.47. The third-order valence-electron chi connectivity index (χ3n) is 6.54. The number of halogens is 2. The molecule has 1 atom stereocenters. The molecule has 3 N–H and O–H groups in total. The standard InChI is InChI=1S/C24H24F2N10O3S/c25-24(26)35-9-6-17(34-35)16-12-29-21(10-19(16)31-18-2-1-7-28-23(18)37)32-20-5-8-27-22(33-20)14-11-30-36(13-14)40(38,39)15-3-4-15/h5-6,8-13,15,18,24H,1-4,7H2,(H,28,37)(H2,27,29,31,32,33). The lowest BCUT2D eigenvalue weighted by Crippen LogP contribution is -2.44. The summed E-state index contributed by atoms with van der Waals surface area (Å²) >= 11 is 0. The maximum Gasteiger partial charge on any atom is 0.333 e. The van der Waals surface area contributed by atoms with Crippen molar-refractivity contribution in [3.8, 4) is 22.6 Å². The lowest BCUT2D eigenvalue weighted by Gasteiger charge is -2.25. The first kappa shape index (κ1) is 25.8. The molecular formula is C24H24F2N10O3S. The summed E-state index contributed by atoms with van der Waals surface area (Å²) in [7, 11) is -3.52. The highest BCUT2D eigenvalue weighted by Gasteiger charge is 2.37. The van der Waals surface area contributed by atoms with Crippen molar-refractivity contribution in [3.05, 3.63) is 49.2 Å². The summed E-state index contributed by atoms with van der Waals surface area (Å²) < 4.78 is 52.7. The predicted molar refractivity (Wildman–Crippen MR) is 140 cm³/mol. The molecule has 2 fully saturated rings. The maximum atomic E-state index is 13.1. The van der Waals surface area contributed by atoms with E-state index in [0.717, 1.165) is 10.5 Å². The highest BCUT2D eigenvalue weighted by molar-refractivity contribution is 7.90.